The molecule has 3 heterocycles. The highest BCUT2D eigenvalue weighted by atomic mass is 16.4. The Hall–Kier alpha value is -2.53. The molecule has 1 aromatic carbocycles. The summed E-state index contributed by atoms with van der Waals surface area (Å²) in [5, 5.41) is 0. The van der Waals surface area contributed by atoms with E-state index in [1.165, 1.54) is 5.56 Å². The number of hydrogen-bond donors (Lipinski definition) is 0. The zero-order chi connectivity index (χ0) is 16.4. The summed E-state index contributed by atoms with van der Waals surface area (Å²) >= 11 is 0. The van der Waals surface area contributed by atoms with Gasteiger partial charge in [-0.15, -0.1) is 0 Å². The Morgan fingerprint density at radius 3 is 2.83 bits per heavy atom. The van der Waals surface area contributed by atoms with E-state index >= 15 is 0 Å². The van der Waals surface area contributed by atoms with Crippen molar-refractivity contribution in [1.29, 1.82) is 0 Å². The monoisotopic (exact) mass is 320 g/mol. The van der Waals surface area contributed by atoms with Gasteiger partial charge in [0.15, 0.2) is 5.76 Å². The van der Waals surface area contributed by atoms with Gasteiger partial charge in [-0.25, -0.2) is 15.0 Å². The highest BCUT2D eigenvalue weighted by Crippen LogP contribution is 2.22. The number of fused-ring (bicyclic) bond motifs is 1. The Morgan fingerprint density at radius 1 is 1.12 bits per heavy atom. The van der Waals surface area contributed by atoms with Gasteiger partial charge in [-0.3, -0.25) is 4.90 Å². The first kappa shape index (κ1) is 15.0. The maximum atomic E-state index is 5.92. The van der Waals surface area contributed by atoms with Crippen molar-refractivity contribution in [2.75, 3.05) is 6.54 Å². The Kier molecular flexibility index (Phi) is 4.09. The molecule has 0 saturated carbocycles. The minimum Gasteiger partial charge on any atom is -0.439 e. The molecule has 3 aromatic rings. The molecular weight excluding hydrogens is 300 g/mol. The molecule has 0 aliphatic carbocycles. The van der Waals surface area contributed by atoms with Gasteiger partial charge in [-0.1, -0.05) is 37.3 Å². The minimum atomic E-state index is 0.706. The van der Waals surface area contributed by atoms with Crippen LogP contribution in [0.15, 0.2) is 47.1 Å². The molecular formula is C19H20N4O. The number of oxazole rings is 1. The quantitative estimate of drug-likeness (QED) is 0.738. The molecule has 2 aromatic heterocycles. The van der Waals surface area contributed by atoms with E-state index in [4.69, 9.17) is 4.42 Å². The van der Waals surface area contributed by atoms with Crippen LogP contribution in [0.3, 0.4) is 0 Å². The van der Waals surface area contributed by atoms with Crippen LogP contribution in [0.5, 0.6) is 0 Å². The number of nitrogens with zero attached hydrogens (tertiary/aromatic N) is 4. The van der Waals surface area contributed by atoms with Gasteiger partial charge in [0.25, 0.3) is 0 Å². The Bertz CT molecular complexity index is 828. The predicted molar refractivity (Wildman–Crippen MR) is 91.2 cm³/mol. The number of benzene rings is 1. The van der Waals surface area contributed by atoms with E-state index in [9.17, 15) is 0 Å². The average Bonchev–Trinajstić information content (AvgIpc) is 3.10. The van der Waals surface area contributed by atoms with Crippen LogP contribution in [0.4, 0.5) is 0 Å². The zero-order valence-corrected chi connectivity index (χ0v) is 13.8. The van der Waals surface area contributed by atoms with Crippen LogP contribution in [0.25, 0.3) is 11.3 Å². The molecule has 1 aliphatic heterocycles. The second-order valence-electron chi connectivity index (χ2n) is 6.06. The second kappa shape index (κ2) is 6.53. The fourth-order valence-corrected chi connectivity index (χ4v) is 3.01. The maximum absolute atomic E-state index is 5.92. The summed E-state index contributed by atoms with van der Waals surface area (Å²) < 4.78 is 5.92. The molecule has 0 amide bonds. The summed E-state index contributed by atoms with van der Waals surface area (Å²) in [6.45, 7) is 4.59. The van der Waals surface area contributed by atoms with Crippen LogP contribution < -0.4 is 0 Å². The first-order valence-corrected chi connectivity index (χ1v) is 8.38. The number of hydrogen-bond acceptors (Lipinski definition) is 5. The van der Waals surface area contributed by atoms with Crippen LogP contribution in [0, 0.1) is 0 Å². The van der Waals surface area contributed by atoms with E-state index in [-0.39, 0.29) is 0 Å². The van der Waals surface area contributed by atoms with Crippen molar-refractivity contribution in [3.63, 3.8) is 0 Å². The summed E-state index contributed by atoms with van der Waals surface area (Å²) in [7, 11) is 0. The first-order chi connectivity index (χ1) is 11.8. The fraction of sp³-hybridized carbons (Fsp3) is 0.316. The van der Waals surface area contributed by atoms with Crippen LogP contribution in [0.2, 0.25) is 0 Å². The first-order valence-electron chi connectivity index (χ1n) is 8.38. The van der Waals surface area contributed by atoms with Crippen molar-refractivity contribution in [2.45, 2.75) is 32.9 Å². The van der Waals surface area contributed by atoms with E-state index in [1.807, 2.05) is 36.5 Å². The van der Waals surface area contributed by atoms with Crippen LogP contribution in [-0.4, -0.2) is 26.4 Å². The zero-order valence-electron chi connectivity index (χ0n) is 13.8. The highest BCUT2D eigenvalue weighted by molar-refractivity contribution is 5.55. The van der Waals surface area contributed by atoms with Gasteiger partial charge >= 0.3 is 0 Å². The Balaban J connectivity index is 1.47. The van der Waals surface area contributed by atoms with Gasteiger partial charge < -0.3 is 4.42 Å². The standard InChI is InChI=1S/C19H20N4O/c1-2-18-20-10-15-8-9-23(12-16(15)22-18)13-19-21-11-17(24-19)14-6-4-3-5-7-14/h3-7,10-11H,2,8-9,12-13H2,1H3. The van der Waals surface area contributed by atoms with Crippen LogP contribution in [0.1, 0.15) is 29.9 Å². The van der Waals surface area contributed by atoms with Crippen molar-refractivity contribution < 1.29 is 4.42 Å². The summed E-state index contributed by atoms with van der Waals surface area (Å²) in [4.78, 5) is 15.8. The molecule has 24 heavy (non-hydrogen) atoms. The Morgan fingerprint density at radius 2 is 2.00 bits per heavy atom. The summed E-state index contributed by atoms with van der Waals surface area (Å²) in [6, 6.07) is 10.1. The smallest absolute Gasteiger partial charge is 0.209 e. The van der Waals surface area contributed by atoms with Gasteiger partial charge in [-0.2, -0.15) is 0 Å². The maximum Gasteiger partial charge on any atom is 0.209 e. The van der Waals surface area contributed by atoms with E-state index < -0.39 is 0 Å². The van der Waals surface area contributed by atoms with Crippen molar-refractivity contribution in [1.82, 2.24) is 19.9 Å². The molecule has 0 saturated heterocycles. The SMILES string of the molecule is CCc1ncc2c(n1)CN(Cc1ncc(-c3ccccc3)o1)CC2. The van der Waals surface area contributed by atoms with Crippen LogP contribution >= 0.6 is 0 Å². The third-order valence-electron chi connectivity index (χ3n) is 4.36. The second-order valence-corrected chi connectivity index (χ2v) is 6.06. The molecule has 0 bridgehead atoms. The molecule has 0 radical (unpaired) electrons. The lowest BCUT2D eigenvalue weighted by Gasteiger charge is -2.26. The van der Waals surface area contributed by atoms with E-state index in [0.717, 1.165) is 54.7 Å². The molecule has 0 spiro atoms. The fourth-order valence-electron chi connectivity index (χ4n) is 3.01. The third-order valence-corrected chi connectivity index (χ3v) is 4.36. The molecule has 1 aliphatic rings. The summed E-state index contributed by atoms with van der Waals surface area (Å²) in [5.41, 5.74) is 3.46. The van der Waals surface area contributed by atoms with E-state index in [1.54, 1.807) is 6.20 Å². The van der Waals surface area contributed by atoms with Gasteiger partial charge in [0.2, 0.25) is 5.89 Å². The molecule has 0 N–H and O–H groups in total. The lowest BCUT2D eigenvalue weighted by Crippen LogP contribution is -2.31. The van der Waals surface area contributed by atoms with Gasteiger partial charge in [0, 0.05) is 31.3 Å². The van der Waals surface area contributed by atoms with E-state index in [2.05, 4.69) is 26.8 Å². The number of rotatable bonds is 4. The van der Waals surface area contributed by atoms with Crippen molar-refractivity contribution in [3.05, 3.63) is 65.7 Å². The largest absolute Gasteiger partial charge is 0.439 e. The molecule has 0 fully saturated rings. The van der Waals surface area contributed by atoms with Gasteiger partial charge in [0.1, 0.15) is 5.82 Å². The lowest BCUT2D eigenvalue weighted by molar-refractivity contribution is 0.218. The van der Waals surface area contributed by atoms with E-state index in [0.29, 0.717) is 6.54 Å². The molecule has 0 atom stereocenters. The van der Waals surface area contributed by atoms with Gasteiger partial charge in [0.05, 0.1) is 18.4 Å². The number of aryl methyl sites for hydroxylation is 1. The molecule has 0 unspecified atom stereocenters. The summed E-state index contributed by atoms with van der Waals surface area (Å²) in [6.07, 6.45) is 5.64. The molecule has 5 heteroatoms. The third kappa shape index (κ3) is 3.08. The molecule has 122 valence electrons. The van der Waals surface area contributed by atoms with Crippen molar-refractivity contribution in [3.8, 4) is 11.3 Å². The predicted octanol–water partition coefficient (Wildman–Crippen LogP) is 3.25. The molecule has 4 rings (SSSR count). The van der Waals surface area contributed by atoms with Crippen molar-refractivity contribution in [2.24, 2.45) is 0 Å². The molecule has 5 nitrogen and oxygen atoms in total. The van der Waals surface area contributed by atoms with Crippen LogP contribution in [-0.2, 0) is 25.9 Å². The Labute approximate surface area is 141 Å². The average molecular weight is 320 g/mol. The normalized spacial score (nSPS) is 14.5. The minimum absolute atomic E-state index is 0.706. The van der Waals surface area contributed by atoms with Crippen molar-refractivity contribution >= 4 is 0 Å². The highest BCUT2D eigenvalue weighted by Gasteiger charge is 2.20. The van der Waals surface area contributed by atoms with Gasteiger partial charge in [-0.05, 0) is 12.0 Å². The summed E-state index contributed by atoms with van der Waals surface area (Å²) in [5.74, 6) is 2.48. The number of aromatic nitrogens is 3. The lowest BCUT2D eigenvalue weighted by atomic mass is 10.1. The topological polar surface area (TPSA) is 55.1 Å².